The van der Waals surface area contributed by atoms with Gasteiger partial charge in [-0.05, 0) is 25.7 Å². The van der Waals surface area contributed by atoms with Crippen molar-refractivity contribution in [3.8, 4) is 0 Å². The number of hydrogen-bond acceptors (Lipinski definition) is 8. The van der Waals surface area contributed by atoms with Crippen molar-refractivity contribution in [1.29, 1.82) is 0 Å². The highest BCUT2D eigenvalue weighted by Gasteiger charge is 2.24. The topological polar surface area (TPSA) is 300 Å². The van der Waals surface area contributed by atoms with E-state index in [9.17, 15) is 24.3 Å². The zero-order chi connectivity index (χ0) is 25.4. The maximum Gasteiger partial charge on any atom is 0.326 e. The van der Waals surface area contributed by atoms with Crippen LogP contribution >= 0.6 is 0 Å². The van der Waals surface area contributed by atoms with Crippen LogP contribution in [0.3, 0.4) is 0 Å². The minimum Gasteiger partial charge on any atom is -0.480 e. The van der Waals surface area contributed by atoms with Crippen LogP contribution in [0, 0.1) is 0 Å². The van der Waals surface area contributed by atoms with E-state index in [4.69, 9.17) is 33.8 Å². The summed E-state index contributed by atoms with van der Waals surface area (Å²) in [5, 5.41) is 25.2. The number of nitrogens with one attached hydrogen (secondary N) is 3. The van der Waals surface area contributed by atoms with Crippen LogP contribution in [0.5, 0.6) is 0 Å². The van der Waals surface area contributed by atoms with Gasteiger partial charge in [-0.25, -0.2) is 4.79 Å². The highest BCUT2D eigenvalue weighted by atomic mass is 16.4. The normalized spacial score (nSPS) is 13.0. The number of carbonyl (C=O) groups is 4. The van der Waals surface area contributed by atoms with Gasteiger partial charge in [0, 0.05) is 13.1 Å². The Bertz CT molecular complexity index is 721. The van der Waals surface area contributed by atoms with Crippen LogP contribution in [-0.4, -0.2) is 90.2 Å². The molecule has 3 amide bonds. The fraction of sp³-hybridized carbons (Fsp3) is 0.647. The number of carboxylic acids is 1. The fourth-order valence-corrected chi connectivity index (χ4v) is 2.43. The van der Waals surface area contributed by atoms with Crippen molar-refractivity contribution in [3.05, 3.63) is 0 Å². The van der Waals surface area contributed by atoms with Gasteiger partial charge in [-0.2, -0.15) is 0 Å². The van der Waals surface area contributed by atoms with Crippen LogP contribution in [0.4, 0.5) is 0 Å². The Morgan fingerprint density at radius 2 is 1.33 bits per heavy atom. The van der Waals surface area contributed by atoms with Crippen molar-refractivity contribution in [2.45, 2.75) is 43.8 Å². The maximum atomic E-state index is 12.5. The van der Waals surface area contributed by atoms with Crippen LogP contribution in [0.25, 0.3) is 0 Å². The molecule has 0 aromatic rings. The smallest absolute Gasteiger partial charge is 0.326 e. The first-order valence-electron chi connectivity index (χ1n) is 10.0. The molecule has 16 heteroatoms. The third-order valence-corrected chi connectivity index (χ3v) is 4.11. The van der Waals surface area contributed by atoms with Crippen LogP contribution < -0.4 is 44.6 Å². The minimum absolute atomic E-state index is 0.0638. The summed E-state index contributed by atoms with van der Waals surface area (Å²) in [5.74, 6) is -3.76. The third-order valence-electron chi connectivity index (χ3n) is 4.11. The lowest BCUT2D eigenvalue weighted by atomic mass is 10.1. The molecule has 0 aromatic carbocycles. The molecule has 3 unspecified atom stereocenters. The average Bonchev–Trinajstić information content (AvgIpc) is 2.74. The molecule has 3 atom stereocenters. The Labute approximate surface area is 190 Å². The molecule has 0 saturated heterocycles. The van der Waals surface area contributed by atoms with Crippen LogP contribution in [0.1, 0.15) is 25.7 Å². The molecule has 0 aliphatic heterocycles. The summed E-state index contributed by atoms with van der Waals surface area (Å²) < 4.78 is 0. The largest absolute Gasteiger partial charge is 0.480 e. The molecule has 188 valence electrons. The molecule has 0 rings (SSSR count). The van der Waals surface area contributed by atoms with Gasteiger partial charge in [-0.1, -0.05) is 0 Å². The second-order valence-corrected chi connectivity index (χ2v) is 6.92. The van der Waals surface area contributed by atoms with Gasteiger partial charge in [0.05, 0.1) is 13.2 Å². The average molecular weight is 475 g/mol. The summed E-state index contributed by atoms with van der Waals surface area (Å²) in [6, 6.07) is -3.54. The molecule has 0 radical (unpaired) electrons. The van der Waals surface area contributed by atoms with Crippen LogP contribution in [0.15, 0.2) is 9.98 Å². The van der Waals surface area contributed by atoms with E-state index in [1.54, 1.807) is 0 Å². The summed E-state index contributed by atoms with van der Waals surface area (Å²) in [6.45, 7) is -0.788. The van der Waals surface area contributed by atoms with E-state index in [1.807, 2.05) is 0 Å². The van der Waals surface area contributed by atoms with E-state index in [0.29, 0.717) is 12.8 Å². The number of carboxylic acid groups (broad SMARTS) is 1. The first-order valence-corrected chi connectivity index (χ1v) is 10.0. The van der Waals surface area contributed by atoms with Crippen molar-refractivity contribution < 1.29 is 29.4 Å². The third kappa shape index (κ3) is 14.1. The first-order chi connectivity index (χ1) is 15.5. The molecule has 0 heterocycles. The van der Waals surface area contributed by atoms with Crippen molar-refractivity contribution in [2.24, 2.45) is 38.7 Å². The first kappa shape index (κ1) is 29.3. The number of carbonyl (C=O) groups excluding carboxylic acids is 3. The number of nitrogens with two attached hydrogens (primary N) is 5. The summed E-state index contributed by atoms with van der Waals surface area (Å²) >= 11 is 0. The Balaban J connectivity index is 4.84. The lowest BCUT2D eigenvalue weighted by Gasteiger charge is -2.20. The second kappa shape index (κ2) is 16.0. The number of guanidine groups is 2. The predicted molar refractivity (Wildman–Crippen MR) is 119 cm³/mol. The van der Waals surface area contributed by atoms with Gasteiger partial charge in [-0.3, -0.25) is 24.4 Å². The van der Waals surface area contributed by atoms with E-state index in [2.05, 4.69) is 25.9 Å². The number of aliphatic imine (C=N–C) groups is 2. The SMILES string of the molecule is NC(N)=NCCCC(NC(=O)CNC(=O)C(CCCN=C(N)N)NC(=O)C(N)CO)C(=O)O. The van der Waals surface area contributed by atoms with Gasteiger partial charge >= 0.3 is 5.97 Å². The molecular formula is C17H34N10O6. The molecule has 0 aliphatic carbocycles. The van der Waals surface area contributed by atoms with Gasteiger partial charge in [0.15, 0.2) is 11.9 Å². The van der Waals surface area contributed by atoms with Gasteiger partial charge in [0.1, 0.15) is 18.1 Å². The van der Waals surface area contributed by atoms with Crippen molar-refractivity contribution in [3.63, 3.8) is 0 Å². The van der Waals surface area contributed by atoms with Crippen molar-refractivity contribution in [1.82, 2.24) is 16.0 Å². The monoisotopic (exact) mass is 474 g/mol. The molecule has 0 saturated carbocycles. The number of aliphatic hydroxyl groups is 1. The van der Waals surface area contributed by atoms with Crippen molar-refractivity contribution >= 4 is 35.6 Å². The summed E-state index contributed by atoms with van der Waals surface area (Å²) in [5.41, 5.74) is 26.3. The lowest BCUT2D eigenvalue weighted by molar-refractivity contribution is -0.142. The van der Waals surface area contributed by atoms with E-state index in [1.165, 1.54) is 0 Å². The quantitative estimate of drug-likeness (QED) is 0.0571. The summed E-state index contributed by atoms with van der Waals surface area (Å²) in [4.78, 5) is 55.3. The zero-order valence-electron chi connectivity index (χ0n) is 18.2. The number of aliphatic hydroxyl groups excluding tert-OH is 1. The molecule has 0 fully saturated rings. The zero-order valence-corrected chi connectivity index (χ0v) is 18.2. The van der Waals surface area contributed by atoms with Gasteiger partial charge in [-0.15, -0.1) is 0 Å². The highest BCUT2D eigenvalue weighted by molar-refractivity contribution is 5.92. The molecule has 0 spiro atoms. The van der Waals surface area contributed by atoms with Crippen LogP contribution in [-0.2, 0) is 19.2 Å². The second-order valence-electron chi connectivity index (χ2n) is 6.92. The van der Waals surface area contributed by atoms with E-state index in [0.717, 1.165) is 0 Å². The number of rotatable bonds is 16. The molecule has 33 heavy (non-hydrogen) atoms. The molecule has 16 nitrogen and oxygen atoms in total. The van der Waals surface area contributed by atoms with Gasteiger partial charge in [0.25, 0.3) is 0 Å². The number of nitrogens with zero attached hydrogens (tertiary/aromatic N) is 2. The van der Waals surface area contributed by atoms with Gasteiger partial charge in [0.2, 0.25) is 17.7 Å². The van der Waals surface area contributed by atoms with E-state index >= 15 is 0 Å². The molecule has 0 aromatic heterocycles. The number of aliphatic carboxylic acids is 1. The molecule has 0 bridgehead atoms. The Morgan fingerprint density at radius 3 is 1.79 bits per heavy atom. The number of amides is 3. The standard InChI is InChI=1S/C17H34N10O6/c18-9(8-28)13(30)27-10(3-1-5-23-16(19)20)14(31)25-7-12(29)26-11(15(32)33)4-2-6-24-17(21)22/h9-11,28H,1-8,18H2,(H,25,31)(H,26,29)(H,27,30)(H,32,33)(H4,19,20,23)(H4,21,22,24). The summed E-state index contributed by atoms with van der Waals surface area (Å²) in [7, 11) is 0. The lowest BCUT2D eigenvalue weighted by Crippen LogP contribution is -2.54. The molecule has 15 N–H and O–H groups in total. The van der Waals surface area contributed by atoms with E-state index < -0.39 is 55.0 Å². The molecular weight excluding hydrogens is 440 g/mol. The Morgan fingerprint density at radius 1 is 0.818 bits per heavy atom. The predicted octanol–water partition coefficient (Wildman–Crippen LogP) is -5.42. The molecule has 0 aliphatic rings. The number of hydrogen-bond donors (Lipinski definition) is 10. The van der Waals surface area contributed by atoms with Gasteiger partial charge < -0.3 is 54.8 Å². The Hall–Kier alpha value is -3.66. The highest BCUT2D eigenvalue weighted by Crippen LogP contribution is 2.01. The van der Waals surface area contributed by atoms with Crippen LogP contribution in [0.2, 0.25) is 0 Å². The van der Waals surface area contributed by atoms with E-state index in [-0.39, 0.29) is 37.9 Å². The Kier molecular flexibility index (Phi) is 14.3. The van der Waals surface area contributed by atoms with Crippen molar-refractivity contribution in [2.75, 3.05) is 26.2 Å². The maximum absolute atomic E-state index is 12.5. The minimum atomic E-state index is -1.26. The fourth-order valence-electron chi connectivity index (χ4n) is 2.43. The summed E-state index contributed by atoms with van der Waals surface area (Å²) in [6.07, 6.45) is 0.787.